The zero-order valence-electron chi connectivity index (χ0n) is 12.3. The third-order valence-corrected chi connectivity index (χ3v) is 3.62. The van der Waals surface area contributed by atoms with Crippen molar-refractivity contribution in [3.8, 4) is 11.1 Å². The molecule has 0 saturated carbocycles. The first kappa shape index (κ1) is 15.9. The molecule has 0 aliphatic carbocycles. The predicted molar refractivity (Wildman–Crippen MR) is 81.7 cm³/mol. The number of carboxylic acids is 1. The number of hydrogen-bond donors (Lipinski definition) is 1. The Hall–Kier alpha value is -2.46. The fourth-order valence-electron chi connectivity index (χ4n) is 2.46. The Kier molecular flexibility index (Phi) is 5.44. The summed E-state index contributed by atoms with van der Waals surface area (Å²) in [4.78, 5) is 24.0. The van der Waals surface area contributed by atoms with Crippen molar-refractivity contribution in [1.82, 2.24) is 0 Å². The number of ketones is 1. The summed E-state index contributed by atoms with van der Waals surface area (Å²) in [5.74, 6) is -2.83. The lowest BCUT2D eigenvalue weighted by Crippen LogP contribution is -2.50. The average Bonchev–Trinajstić information content (AvgIpc) is 2.55. The number of carboxylic acid groups (broad SMARTS) is 1. The lowest BCUT2D eigenvalue weighted by atomic mass is 9.88. The number of hydrogen-bond acceptors (Lipinski definition) is 3. The smallest absolute Gasteiger partial charge is 0.172 e. The fourth-order valence-corrected chi connectivity index (χ4v) is 2.46. The quantitative estimate of drug-likeness (QED) is 0.609. The number of carbonyl (C=O) groups is 2. The van der Waals surface area contributed by atoms with E-state index in [1.54, 1.807) is 12.1 Å². The van der Waals surface area contributed by atoms with E-state index in [9.17, 15) is 14.7 Å². The maximum Gasteiger partial charge on any atom is 0.172 e. The number of quaternary nitrogens is 1. The molecule has 0 aromatic heterocycles. The van der Waals surface area contributed by atoms with Crippen molar-refractivity contribution < 1.29 is 20.4 Å². The van der Waals surface area contributed by atoms with Gasteiger partial charge in [0.15, 0.2) is 5.78 Å². The van der Waals surface area contributed by atoms with Gasteiger partial charge in [-0.25, -0.2) is 0 Å². The van der Waals surface area contributed by atoms with Gasteiger partial charge in [-0.1, -0.05) is 54.6 Å². The zero-order valence-corrected chi connectivity index (χ0v) is 12.3. The van der Waals surface area contributed by atoms with Gasteiger partial charge in [-0.2, -0.15) is 0 Å². The van der Waals surface area contributed by atoms with Crippen molar-refractivity contribution in [3.63, 3.8) is 0 Å². The normalized spacial score (nSPS) is 11.9. The molecule has 0 fully saturated rings. The molecule has 4 heteroatoms. The highest BCUT2D eigenvalue weighted by molar-refractivity contribution is 6.11. The molecule has 4 nitrogen and oxygen atoms in total. The summed E-state index contributed by atoms with van der Waals surface area (Å²) in [7, 11) is 0. The van der Waals surface area contributed by atoms with Crippen LogP contribution >= 0.6 is 0 Å². The molecule has 0 aliphatic rings. The number of aliphatic carboxylic acids is 1. The molecule has 0 unspecified atom stereocenters. The second-order valence-electron chi connectivity index (χ2n) is 5.14. The minimum Gasteiger partial charge on any atom is -0.549 e. The Morgan fingerprint density at radius 2 is 1.64 bits per heavy atom. The molecule has 0 radical (unpaired) electrons. The van der Waals surface area contributed by atoms with Gasteiger partial charge in [0.1, 0.15) is 0 Å². The van der Waals surface area contributed by atoms with E-state index in [-0.39, 0.29) is 6.42 Å². The van der Waals surface area contributed by atoms with E-state index in [0.717, 1.165) is 11.1 Å². The first-order valence-corrected chi connectivity index (χ1v) is 7.34. The first-order chi connectivity index (χ1) is 10.6. The number of rotatable bonds is 7. The predicted octanol–water partition coefficient (Wildman–Crippen LogP) is 0.925. The summed E-state index contributed by atoms with van der Waals surface area (Å²) < 4.78 is 0. The highest BCUT2D eigenvalue weighted by Crippen LogP contribution is 2.26. The van der Waals surface area contributed by atoms with Crippen molar-refractivity contribution >= 4 is 11.8 Å². The Balaban J connectivity index is 2.39. The Bertz CT molecular complexity index is 652. The minimum absolute atomic E-state index is 0.258. The average molecular weight is 297 g/mol. The van der Waals surface area contributed by atoms with Gasteiger partial charge in [-0.15, -0.1) is 0 Å². The summed E-state index contributed by atoms with van der Waals surface area (Å²) in [6.45, 7) is 0.595. The third-order valence-electron chi connectivity index (χ3n) is 3.62. The van der Waals surface area contributed by atoms with Crippen LogP contribution in [0.5, 0.6) is 0 Å². The summed E-state index contributed by atoms with van der Waals surface area (Å²) in [6.07, 6.45) is 0.839. The van der Waals surface area contributed by atoms with Crippen LogP contribution in [0.2, 0.25) is 0 Å². The highest BCUT2D eigenvalue weighted by Gasteiger charge is 2.23. The maximum absolute atomic E-state index is 12.6. The molecular formula is C18H19NO3. The Morgan fingerprint density at radius 1 is 1.00 bits per heavy atom. The van der Waals surface area contributed by atoms with Crippen LogP contribution in [0.1, 0.15) is 23.2 Å². The van der Waals surface area contributed by atoms with Crippen LogP contribution in [0, 0.1) is 5.92 Å². The number of benzene rings is 2. The van der Waals surface area contributed by atoms with Crippen LogP contribution in [0.3, 0.4) is 0 Å². The van der Waals surface area contributed by atoms with Crippen LogP contribution in [0.25, 0.3) is 11.1 Å². The van der Waals surface area contributed by atoms with E-state index >= 15 is 0 Å². The van der Waals surface area contributed by atoms with E-state index in [1.165, 1.54) is 0 Å². The van der Waals surface area contributed by atoms with Gasteiger partial charge in [0.2, 0.25) is 0 Å². The molecule has 0 saturated heterocycles. The lowest BCUT2D eigenvalue weighted by Gasteiger charge is -2.18. The van der Waals surface area contributed by atoms with Gasteiger partial charge in [-0.05, 0) is 24.0 Å². The molecule has 0 aliphatic heterocycles. The standard InChI is InChI=1S/C18H19NO3/c19-12-6-11-16(18(21)22)17(20)15-10-5-4-9-14(15)13-7-2-1-3-8-13/h1-5,7-10,16H,6,11-12,19H2,(H,21,22)/t16-/m1/s1. The van der Waals surface area contributed by atoms with E-state index in [2.05, 4.69) is 5.73 Å². The van der Waals surface area contributed by atoms with Crippen LogP contribution in [-0.4, -0.2) is 18.3 Å². The van der Waals surface area contributed by atoms with Gasteiger partial charge < -0.3 is 15.6 Å². The molecular weight excluding hydrogens is 278 g/mol. The third kappa shape index (κ3) is 3.59. The SMILES string of the molecule is [NH3+]CCC[C@@H](C(=O)[O-])C(=O)c1ccccc1-c1ccccc1. The van der Waals surface area contributed by atoms with Gasteiger partial charge in [0.25, 0.3) is 0 Å². The molecule has 2 aromatic rings. The second kappa shape index (κ2) is 7.52. The van der Waals surface area contributed by atoms with Crippen molar-refractivity contribution in [3.05, 3.63) is 60.2 Å². The van der Waals surface area contributed by atoms with Crippen molar-refractivity contribution in [2.45, 2.75) is 12.8 Å². The van der Waals surface area contributed by atoms with Crippen molar-refractivity contribution in [2.24, 2.45) is 5.92 Å². The second-order valence-corrected chi connectivity index (χ2v) is 5.14. The number of Topliss-reactive ketones (excluding diaryl/α,β-unsaturated/α-hetero) is 1. The molecule has 1 atom stereocenters. The zero-order chi connectivity index (χ0) is 15.9. The lowest BCUT2D eigenvalue weighted by molar-refractivity contribution is -0.368. The van der Waals surface area contributed by atoms with Gasteiger partial charge >= 0.3 is 0 Å². The van der Waals surface area contributed by atoms with Gasteiger partial charge in [-0.3, -0.25) is 4.79 Å². The summed E-state index contributed by atoms with van der Waals surface area (Å²) in [6, 6.07) is 16.5. The van der Waals surface area contributed by atoms with E-state index in [1.807, 2.05) is 42.5 Å². The van der Waals surface area contributed by atoms with E-state index in [4.69, 9.17) is 0 Å². The molecule has 0 amide bonds. The topological polar surface area (TPSA) is 84.8 Å². The summed E-state index contributed by atoms with van der Waals surface area (Å²) in [5.41, 5.74) is 5.75. The first-order valence-electron chi connectivity index (χ1n) is 7.34. The largest absolute Gasteiger partial charge is 0.549 e. The molecule has 22 heavy (non-hydrogen) atoms. The maximum atomic E-state index is 12.6. The molecule has 0 bridgehead atoms. The summed E-state index contributed by atoms with van der Waals surface area (Å²) in [5, 5.41) is 11.3. The van der Waals surface area contributed by atoms with Crippen LogP contribution in [0.15, 0.2) is 54.6 Å². The fraction of sp³-hybridized carbons (Fsp3) is 0.222. The summed E-state index contributed by atoms with van der Waals surface area (Å²) >= 11 is 0. The van der Waals surface area contributed by atoms with Gasteiger partial charge in [0.05, 0.1) is 18.4 Å². The van der Waals surface area contributed by atoms with Crippen LogP contribution in [-0.2, 0) is 4.79 Å². The molecule has 2 aromatic carbocycles. The Labute approximate surface area is 129 Å². The molecule has 2 rings (SSSR count). The minimum atomic E-state index is -1.32. The van der Waals surface area contributed by atoms with Crippen molar-refractivity contribution in [1.29, 1.82) is 0 Å². The Morgan fingerprint density at radius 3 is 2.27 bits per heavy atom. The van der Waals surface area contributed by atoms with E-state index in [0.29, 0.717) is 18.5 Å². The van der Waals surface area contributed by atoms with Crippen LogP contribution < -0.4 is 10.8 Å². The van der Waals surface area contributed by atoms with Gasteiger partial charge in [0, 0.05) is 5.56 Å². The number of carbonyl (C=O) groups excluding carboxylic acids is 2. The van der Waals surface area contributed by atoms with Crippen LogP contribution in [0.4, 0.5) is 0 Å². The molecule has 114 valence electrons. The molecule has 0 spiro atoms. The monoisotopic (exact) mass is 297 g/mol. The van der Waals surface area contributed by atoms with Crippen molar-refractivity contribution in [2.75, 3.05) is 6.54 Å². The molecule has 0 heterocycles. The highest BCUT2D eigenvalue weighted by atomic mass is 16.4. The molecule has 3 N–H and O–H groups in total. The van der Waals surface area contributed by atoms with E-state index < -0.39 is 17.7 Å².